The first-order chi connectivity index (χ1) is 10.5. The summed E-state index contributed by atoms with van der Waals surface area (Å²) >= 11 is 1.31. The molecule has 0 bridgehead atoms. The molecule has 0 spiro atoms. The molecule has 0 radical (unpaired) electrons. The highest BCUT2D eigenvalue weighted by atomic mass is 32.2. The average molecular weight is 316 g/mol. The van der Waals surface area contributed by atoms with Crippen LogP contribution in [-0.2, 0) is 9.59 Å². The molecule has 1 aromatic rings. The Morgan fingerprint density at radius 2 is 1.86 bits per heavy atom. The van der Waals surface area contributed by atoms with Crippen LogP contribution in [0.3, 0.4) is 0 Å². The van der Waals surface area contributed by atoms with Crippen LogP contribution in [0.1, 0.15) is 45.1 Å². The Kier molecular flexibility index (Phi) is 5.61. The second-order valence-corrected chi connectivity index (χ2v) is 6.17. The molecule has 1 aliphatic heterocycles. The van der Waals surface area contributed by atoms with Gasteiger partial charge in [-0.25, -0.2) is 0 Å². The minimum atomic E-state index is -0.317. The molecule has 0 fully saturated rings. The van der Waals surface area contributed by atoms with Crippen LogP contribution in [0.15, 0.2) is 46.9 Å². The Bertz CT molecular complexity index is 626. The Balaban J connectivity index is 2.29. The molecule has 4 heteroatoms. The topological polar surface area (TPSA) is 43.4 Å². The maximum absolute atomic E-state index is 11.5. The molecule has 1 atom stereocenters. The number of ether oxygens (including phenoxy) is 1. The van der Waals surface area contributed by atoms with Crippen LogP contribution < -0.4 is 4.74 Å². The maximum atomic E-state index is 11.5. The summed E-state index contributed by atoms with van der Waals surface area (Å²) < 4.78 is 5.07. The predicted molar refractivity (Wildman–Crippen MR) is 89.8 cm³/mol. The molecular formula is C18H20O3S. The number of hydrogen-bond donors (Lipinski definition) is 0. The lowest BCUT2D eigenvalue weighted by Gasteiger charge is -2.20. The van der Waals surface area contributed by atoms with Crippen LogP contribution in [0, 0.1) is 0 Å². The predicted octanol–water partition coefficient (Wildman–Crippen LogP) is 4.60. The summed E-state index contributed by atoms with van der Waals surface area (Å²) in [6.07, 6.45) is 5.42. The minimum Gasteiger partial charge on any atom is -0.427 e. The fourth-order valence-electron chi connectivity index (χ4n) is 2.70. The molecule has 0 unspecified atom stereocenters. The van der Waals surface area contributed by atoms with Gasteiger partial charge in [0, 0.05) is 17.7 Å². The highest BCUT2D eigenvalue weighted by Gasteiger charge is 2.21. The molecule has 0 aromatic heterocycles. The minimum absolute atomic E-state index is 0.0982. The molecular weight excluding hydrogens is 296 g/mol. The van der Waals surface area contributed by atoms with Gasteiger partial charge < -0.3 is 4.74 Å². The third kappa shape index (κ3) is 3.89. The lowest BCUT2D eigenvalue weighted by atomic mass is 9.87. The normalized spacial score (nSPS) is 17.5. The van der Waals surface area contributed by atoms with Crippen molar-refractivity contribution in [2.45, 2.75) is 39.5 Å². The van der Waals surface area contributed by atoms with E-state index < -0.39 is 0 Å². The first-order valence-electron chi connectivity index (χ1n) is 7.46. The lowest BCUT2D eigenvalue weighted by molar-refractivity contribution is -0.131. The molecule has 1 aromatic carbocycles. The largest absolute Gasteiger partial charge is 0.427 e. The van der Waals surface area contributed by atoms with Crippen LogP contribution in [-0.4, -0.2) is 11.1 Å². The summed E-state index contributed by atoms with van der Waals surface area (Å²) in [6.45, 7) is 5.66. The van der Waals surface area contributed by atoms with Crippen LogP contribution in [0.4, 0.5) is 0 Å². The lowest BCUT2D eigenvalue weighted by Crippen LogP contribution is -2.04. The summed E-state index contributed by atoms with van der Waals surface area (Å²) in [7, 11) is 0. The van der Waals surface area contributed by atoms with Gasteiger partial charge in [0.25, 0.3) is 0 Å². The quantitative estimate of drug-likeness (QED) is 0.588. The molecule has 1 heterocycles. The van der Waals surface area contributed by atoms with E-state index in [9.17, 15) is 9.59 Å². The van der Waals surface area contributed by atoms with Crippen molar-refractivity contribution in [3.63, 3.8) is 0 Å². The Labute approximate surface area is 135 Å². The van der Waals surface area contributed by atoms with Crippen molar-refractivity contribution in [2.24, 2.45) is 0 Å². The fourth-order valence-corrected chi connectivity index (χ4v) is 3.61. The Morgan fingerprint density at radius 3 is 2.32 bits per heavy atom. The molecule has 0 aliphatic carbocycles. The van der Waals surface area contributed by atoms with Crippen molar-refractivity contribution in [1.29, 1.82) is 0 Å². The first kappa shape index (κ1) is 16.6. The van der Waals surface area contributed by atoms with Crippen molar-refractivity contribution < 1.29 is 14.3 Å². The second kappa shape index (κ2) is 7.45. The zero-order valence-electron chi connectivity index (χ0n) is 13.1. The van der Waals surface area contributed by atoms with Crippen molar-refractivity contribution in [3.8, 4) is 5.75 Å². The van der Waals surface area contributed by atoms with Crippen molar-refractivity contribution >= 4 is 22.8 Å². The summed E-state index contributed by atoms with van der Waals surface area (Å²) in [5.74, 6) is 0.513. The summed E-state index contributed by atoms with van der Waals surface area (Å²) in [6, 6.07) is 7.63. The monoisotopic (exact) mass is 316 g/mol. The van der Waals surface area contributed by atoms with Gasteiger partial charge in [-0.05, 0) is 60.0 Å². The van der Waals surface area contributed by atoms with Gasteiger partial charge in [-0.15, -0.1) is 0 Å². The molecule has 116 valence electrons. The van der Waals surface area contributed by atoms with Gasteiger partial charge >= 0.3 is 5.97 Å². The smallest absolute Gasteiger partial charge is 0.308 e. The van der Waals surface area contributed by atoms with E-state index in [0.717, 1.165) is 17.7 Å². The second-order valence-electron chi connectivity index (χ2n) is 5.12. The van der Waals surface area contributed by atoms with Gasteiger partial charge in [0.2, 0.25) is 5.12 Å². The maximum Gasteiger partial charge on any atom is 0.308 e. The number of esters is 1. The number of hydrogen-bond acceptors (Lipinski definition) is 4. The molecule has 2 rings (SSSR count). The summed E-state index contributed by atoms with van der Waals surface area (Å²) in [5, 5.41) is 0.0982. The van der Waals surface area contributed by atoms with Crippen LogP contribution >= 0.6 is 11.8 Å². The van der Waals surface area contributed by atoms with E-state index in [1.165, 1.54) is 29.8 Å². The van der Waals surface area contributed by atoms with E-state index in [1.54, 1.807) is 6.08 Å². The van der Waals surface area contributed by atoms with Crippen molar-refractivity contribution in [1.82, 2.24) is 0 Å². The van der Waals surface area contributed by atoms with Gasteiger partial charge in [0.05, 0.1) is 0 Å². The third-order valence-corrected chi connectivity index (χ3v) is 4.61. The summed E-state index contributed by atoms with van der Waals surface area (Å²) in [5.41, 5.74) is 2.46. The number of allylic oxidation sites excluding steroid dienone is 2. The van der Waals surface area contributed by atoms with Gasteiger partial charge in [-0.3, -0.25) is 9.59 Å². The summed E-state index contributed by atoms with van der Waals surface area (Å²) in [4.78, 5) is 23.5. The molecule has 0 saturated heterocycles. The molecule has 0 saturated carbocycles. The molecule has 1 aliphatic rings. The van der Waals surface area contributed by atoms with E-state index >= 15 is 0 Å². The van der Waals surface area contributed by atoms with E-state index in [2.05, 4.69) is 13.8 Å². The third-order valence-electron chi connectivity index (χ3n) is 3.65. The highest BCUT2D eigenvalue weighted by Crippen LogP contribution is 2.39. The van der Waals surface area contributed by atoms with E-state index in [4.69, 9.17) is 4.74 Å². The van der Waals surface area contributed by atoms with Crippen molar-refractivity contribution in [2.75, 3.05) is 0 Å². The number of carbonyl (C=O) groups excluding carboxylic acids is 2. The fraction of sp³-hybridized carbons (Fsp3) is 0.333. The Hall–Kier alpha value is -1.81. The first-order valence-corrected chi connectivity index (χ1v) is 8.28. The van der Waals surface area contributed by atoms with Gasteiger partial charge in [-0.2, -0.15) is 0 Å². The zero-order chi connectivity index (χ0) is 16.1. The number of carbonyl (C=O) groups is 2. The molecule has 0 N–H and O–H groups in total. The zero-order valence-corrected chi connectivity index (χ0v) is 13.9. The van der Waals surface area contributed by atoms with E-state index in [1.807, 2.05) is 30.3 Å². The van der Waals surface area contributed by atoms with Crippen LogP contribution in [0.25, 0.3) is 0 Å². The van der Waals surface area contributed by atoms with E-state index in [-0.39, 0.29) is 17.0 Å². The molecule has 0 amide bonds. The standard InChI is InChI=1S/C18H20O3S/c1-4-15(16(5-2)17-10-11-18(20)22-17)13-6-8-14(9-7-13)21-12(3)19/h6-11,15H,4-5H2,1-3H3/b17-16+/t15-/m1/s1. The van der Waals surface area contributed by atoms with Gasteiger partial charge in [0.15, 0.2) is 0 Å². The van der Waals surface area contributed by atoms with E-state index in [0.29, 0.717) is 5.75 Å². The van der Waals surface area contributed by atoms with Crippen molar-refractivity contribution in [3.05, 3.63) is 52.5 Å². The highest BCUT2D eigenvalue weighted by molar-refractivity contribution is 8.17. The van der Waals surface area contributed by atoms with Gasteiger partial charge in [0.1, 0.15) is 5.75 Å². The average Bonchev–Trinajstić information content (AvgIpc) is 2.91. The Morgan fingerprint density at radius 1 is 1.18 bits per heavy atom. The molecule has 22 heavy (non-hydrogen) atoms. The number of benzene rings is 1. The molecule has 3 nitrogen and oxygen atoms in total. The SMILES string of the molecule is CC/C(=C1/C=CC(=O)S1)[C@H](CC)c1ccc(OC(C)=O)cc1. The van der Waals surface area contributed by atoms with Crippen LogP contribution in [0.5, 0.6) is 5.75 Å². The number of rotatable bonds is 5. The van der Waals surface area contributed by atoms with Crippen LogP contribution in [0.2, 0.25) is 0 Å². The number of thioether (sulfide) groups is 1. The van der Waals surface area contributed by atoms with Gasteiger partial charge in [-0.1, -0.05) is 26.0 Å².